The number of hydrogen-bond acceptors (Lipinski definition) is 2. The lowest BCUT2D eigenvalue weighted by Crippen LogP contribution is -2.39. The first-order chi connectivity index (χ1) is 13.4. The van der Waals surface area contributed by atoms with Gasteiger partial charge in [0.1, 0.15) is 5.82 Å². The Morgan fingerprint density at radius 3 is 2.61 bits per heavy atom. The molecule has 3 rings (SSSR count). The van der Waals surface area contributed by atoms with Crippen LogP contribution in [-0.4, -0.2) is 47.8 Å². The van der Waals surface area contributed by atoms with Crippen molar-refractivity contribution in [2.45, 2.75) is 70.8 Å². The normalized spacial score (nSPS) is 20.4. The maximum Gasteiger partial charge on any atom is 0.223 e. The molecular weight excluding hydrogens is 355 g/mol. The lowest BCUT2D eigenvalue weighted by molar-refractivity contribution is -0.137. The predicted molar refractivity (Wildman–Crippen MR) is 108 cm³/mol. The minimum atomic E-state index is -0.163. The second-order valence-electron chi connectivity index (χ2n) is 8.58. The monoisotopic (exact) mass is 388 g/mol. The van der Waals surface area contributed by atoms with Crippen LogP contribution in [0.15, 0.2) is 18.2 Å². The number of nitrogens with zero attached hydrogens (tertiary/aromatic N) is 2. The Hall–Kier alpha value is -1.91. The molecule has 0 spiro atoms. The highest BCUT2D eigenvalue weighted by Crippen LogP contribution is 2.24. The summed E-state index contributed by atoms with van der Waals surface area (Å²) < 4.78 is 13.7. The van der Waals surface area contributed by atoms with Crippen molar-refractivity contribution < 1.29 is 14.0 Å². The Kier molecular flexibility index (Phi) is 7.08. The van der Waals surface area contributed by atoms with Crippen molar-refractivity contribution in [1.82, 2.24) is 9.80 Å². The molecule has 5 heteroatoms. The van der Waals surface area contributed by atoms with Gasteiger partial charge in [-0.2, -0.15) is 0 Å². The van der Waals surface area contributed by atoms with E-state index in [1.807, 2.05) is 29.0 Å². The van der Waals surface area contributed by atoms with E-state index in [1.165, 1.54) is 19.3 Å². The number of halogens is 1. The first-order valence-corrected chi connectivity index (χ1v) is 10.7. The van der Waals surface area contributed by atoms with E-state index in [1.54, 1.807) is 13.0 Å². The molecule has 1 aromatic rings. The van der Waals surface area contributed by atoms with Gasteiger partial charge >= 0.3 is 0 Å². The van der Waals surface area contributed by atoms with E-state index in [0.29, 0.717) is 36.9 Å². The molecule has 1 aromatic carbocycles. The van der Waals surface area contributed by atoms with Gasteiger partial charge in [0.05, 0.1) is 0 Å². The molecule has 0 bridgehead atoms. The molecule has 1 atom stereocenters. The Morgan fingerprint density at radius 2 is 1.89 bits per heavy atom. The molecular formula is C23H33FN2O2. The number of rotatable bonds is 6. The van der Waals surface area contributed by atoms with E-state index >= 15 is 0 Å². The summed E-state index contributed by atoms with van der Waals surface area (Å²) in [6, 6.07) is 5.75. The number of amides is 2. The van der Waals surface area contributed by atoms with Gasteiger partial charge in [-0.3, -0.25) is 9.59 Å². The van der Waals surface area contributed by atoms with Crippen molar-refractivity contribution in [3.63, 3.8) is 0 Å². The van der Waals surface area contributed by atoms with Crippen LogP contribution in [0.4, 0.5) is 4.39 Å². The van der Waals surface area contributed by atoms with Crippen molar-refractivity contribution in [3.05, 3.63) is 35.1 Å². The summed E-state index contributed by atoms with van der Waals surface area (Å²) in [6.45, 7) is 3.22. The Bertz CT molecular complexity index is 700. The van der Waals surface area contributed by atoms with Gasteiger partial charge in [-0.25, -0.2) is 4.39 Å². The highest BCUT2D eigenvalue weighted by molar-refractivity contribution is 5.84. The summed E-state index contributed by atoms with van der Waals surface area (Å²) >= 11 is 0. The molecule has 0 radical (unpaired) electrons. The zero-order valence-electron chi connectivity index (χ0n) is 17.3. The van der Waals surface area contributed by atoms with Crippen molar-refractivity contribution in [1.29, 1.82) is 0 Å². The molecule has 1 aliphatic heterocycles. The zero-order valence-corrected chi connectivity index (χ0v) is 17.3. The lowest BCUT2D eigenvalue weighted by Gasteiger charge is -2.31. The summed E-state index contributed by atoms with van der Waals surface area (Å²) in [4.78, 5) is 28.7. The third-order valence-corrected chi connectivity index (χ3v) is 6.47. The van der Waals surface area contributed by atoms with Crippen LogP contribution in [0, 0.1) is 18.7 Å². The number of carbonyl (C=O) groups excluding carboxylic acids is 2. The molecule has 0 aromatic heterocycles. The number of carbonyl (C=O) groups is 2. The van der Waals surface area contributed by atoms with Crippen LogP contribution in [0.5, 0.6) is 0 Å². The summed E-state index contributed by atoms with van der Waals surface area (Å²) in [5.41, 5.74) is 1.65. The molecule has 2 aliphatic rings. The highest BCUT2D eigenvalue weighted by Gasteiger charge is 2.28. The largest absolute Gasteiger partial charge is 0.343 e. The van der Waals surface area contributed by atoms with Crippen molar-refractivity contribution in [2.24, 2.45) is 5.92 Å². The smallest absolute Gasteiger partial charge is 0.223 e. The summed E-state index contributed by atoms with van der Waals surface area (Å²) in [5, 5.41) is 0. The van der Waals surface area contributed by atoms with Gasteiger partial charge in [-0.1, -0.05) is 31.4 Å². The van der Waals surface area contributed by atoms with E-state index < -0.39 is 0 Å². The average Bonchev–Trinajstić information content (AvgIpc) is 3.17. The number of hydrogen-bond donors (Lipinski definition) is 0. The molecule has 154 valence electrons. The molecule has 2 amide bonds. The van der Waals surface area contributed by atoms with Crippen LogP contribution in [0.25, 0.3) is 0 Å². The molecule has 2 fully saturated rings. The number of benzene rings is 1. The average molecular weight is 389 g/mol. The Labute approximate surface area is 168 Å². The molecule has 1 aliphatic carbocycles. The molecule has 1 heterocycles. The van der Waals surface area contributed by atoms with E-state index in [4.69, 9.17) is 0 Å². The third kappa shape index (κ3) is 5.33. The lowest BCUT2D eigenvalue weighted by atomic mass is 9.94. The zero-order chi connectivity index (χ0) is 20.1. The minimum absolute atomic E-state index is 0.0722. The minimum Gasteiger partial charge on any atom is -0.343 e. The molecule has 1 unspecified atom stereocenters. The van der Waals surface area contributed by atoms with Gasteiger partial charge in [0, 0.05) is 39.0 Å². The first kappa shape index (κ1) is 20.8. The fourth-order valence-electron chi connectivity index (χ4n) is 4.54. The van der Waals surface area contributed by atoms with Crippen LogP contribution in [0.3, 0.4) is 0 Å². The van der Waals surface area contributed by atoms with Crippen LogP contribution in [0.2, 0.25) is 0 Å². The fraction of sp³-hybridized carbons (Fsp3) is 0.652. The van der Waals surface area contributed by atoms with Crippen molar-refractivity contribution in [2.75, 3.05) is 20.1 Å². The van der Waals surface area contributed by atoms with Crippen LogP contribution >= 0.6 is 0 Å². The summed E-state index contributed by atoms with van der Waals surface area (Å²) in [5.74, 6) is 0.366. The van der Waals surface area contributed by atoms with Crippen LogP contribution in [0.1, 0.15) is 62.5 Å². The van der Waals surface area contributed by atoms with Crippen molar-refractivity contribution >= 4 is 11.8 Å². The van der Waals surface area contributed by atoms with E-state index in [-0.39, 0.29) is 17.6 Å². The van der Waals surface area contributed by atoms with Crippen molar-refractivity contribution in [3.8, 4) is 0 Å². The molecule has 1 saturated heterocycles. The van der Waals surface area contributed by atoms with Gasteiger partial charge in [0.2, 0.25) is 11.8 Å². The van der Waals surface area contributed by atoms with E-state index in [2.05, 4.69) is 0 Å². The van der Waals surface area contributed by atoms with E-state index in [0.717, 1.165) is 37.8 Å². The topological polar surface area (TPSA) is 40.6 Å². The first-order valence-electron chi connectivity index (χ1n) is 10.7. The predicted octanol–water partition coefficient (Wildman–Crippen LogP) is 4.10. The second-order valence-corrected chi connectivity index (χ2v) is 8.58. The maximum atomic E-state index is 13.7. The van der Waals surface area contributed by atoms with Crippen LogP contribution in [-0.2, 0) is 16.0 Å². The molecule has 0 N–H and O–H groups in total. The molecule has 1 saturated carbocycles. The quantitative estimate of drug-likeness (QED) is 0.736. The SMILES string of the molecule is Cc1ccc(CC2CCN(C(=O)CCC(=O)N(C)C3CCCCC3)C2)cc1F. The summed E-state index contributed by atoms with van der Waals surface area (Å²) in [6.07, 6.45) is 8.16. The number of likely N-dealkylation sites (tertiary alicyclic amines) is 1. The third-order valence-electron chi connectivity index (χ3n) is 6.47. The van der Waals surface area contributed by atoms with Gasteiger partial charge in [0.15, 0.2) is 0 Å². The molecule has 28 heavy (non-hydrogen) atoms. The Balaban J connectivity index is 1.42. The second kappa shape index (κ2) is 9.53. The Morgan fingerprint density at radius 1 is 1.14 bits per heavy atom. The maximum absolute atomic E-state index is 13.7. The molecule has 4 nitrogen and oxygen atoms in total. The number of aryl methyl sites for hydroxylation is 1. The fourth-order valence-corrected chi connectivity index (χ4v) is 4.54. The van der Waals surface area contributed by atoms with E-state index in [9.17, 15) is 14.0 Å². The van der Waals surface area contributed by atoms with Crippen LogP contribution < -0.4 is 0 Å². The van der Waals surface area contributed by atoms with Gasteiger partial charge in [-0.15, -0.1) is 0 Å². The summed E-state index contributed by atoms with van der Waals surface area (Å²) in [7, 11) is 1.88. The van der Waals surface area contributed by atoms with Gasteiger partial charge in [-0.05, 0) is 55.7 Å². The van der Waals surface area contributed by atoms with Gasteiger partial charge < -0.3 is 9.80 Å². The highest BCUT2D eigenvalue weighted by atomic mass is 19.1. The standard InChI is InChI=1S/C23H33FN2O2/c1-17-8-9-18(15-21(17)24)14-19-12-13-26(16-19)23(28)11-10-22(27)25(2)20-6-4-3-5-7-20/h8-9,15,19-20H,3-7,10-14,16H2,1-2H3. The van der Waals surface area contributed by atoms with Gasteiger partial charge in [0.25, 0.3) is 0 Å².